The molecular formula is C85H142O17P2. The molecule has 0 radical (unpaired) electrons. The number of esters is 4. The first-order valence-electron chi connectivity index (χ1n) is 40.1. The van der Waals surface area contributed by atoms with Gasteiger partial charge in [0.05, 0.1) is 26.4 Å². The molecule has 17 nitrogen and oxygen atoms in total. The van der Waals surface area contributed by atoms with E-state index in [1.54, 1.807) is 0 Å². The van der Waals surface area contributed by atoms with Crippen molar-refractivity contribution in [3.8, 4) is 0 Å². The topological polar surface area (TPSA) is 237 Å². The van der Waals surface area contributed by atoms with Gasteiger partial charge in [0.2, 0.25) is 0 Å². The number of hydrogen-bond donors (Lipinski definition) is 3. The molecule has 0 bridgehead atoms. The van der Waals surface area contributed by atoms with E-state index in [2.05, 4.69) is 137 Å². The Morgan fingerprint density at radius 3 is 0.788 bits per heavy atom. The summed E-state index contributed by atoms with van der Waals surface area (Å²) in [4.78, 5) is 72.9. The SMILES string of the molecule is CC/C=C\C/C=C\C/C=C\C/C=C\C/C=C\C/C=C\CCC(=O)OCC(COP(=O)(O)OCC(O)COP(=O)(O)OCC(COC(=O)CCCCCCCCCCCCCCC)OC(=O)CCCCCCCCCCCCCCC)OC(=O)CC/C=C\C/C=C\C/C=C\C/C=C\C/C=C\C/C=C\CC. The van der Waals surface area contributed by atoms with Crippen molar-refractivity contribution in [1.82, 2.24) is 0 Å². The highest BCUT2D eigenvalue weighted by molar-refractivity contribution is 7.47. The maximum Gasteiger partial charge on any atom is 0.472 e. The van der Waals surface area contributed by atoms with E-state index in [1.807, 2.05) is 36.5 Å². The van der Waals surface area contributed by atoms with Gasteiger partial charge in [0.25, 0.3) is 0 Å². The zero-order valence-electron chi connectivity index (χ0n) is 64.9. The number of unbranched alkanes of at least 4 members (excludes halogenated alkanes) is 24. The third kappa shape index (κ3) is 75.2. The number of aliphatic hydroxyl groups is 1. The summed E-state index contributed by atoms with van der Waals surface area (Å²) in [5, 5.41) is 10.6. The smallest absolute Gasteiger partial charge is 0.462 e. The first-order valence-corrected chi connectivity index (χ1v) is 43.1. The number of rotatable bonds is 74. The van der Waals surface area contributed by atoms with Gasteiger partial charge >= 0.3 is 39.5 Å². The molecule has 104 heavy (non-hydrogen) atoms. The Bertz CT molecular complexity index is 2540. The second-order valence-electron chi connectivity index (χ2n) is 26.3. The minimum Gasteiger partial charge on any atom is -0.462 e. The molecule has 0 fully saturated rings. The molecule has 0 aromatic heterocycles. The molecule has 0 aliphatic carbocycles. The van der Waals surface area contributed by atoms with E-state index in [1.165, 1.54) is 109 Å². The maximum absolute atomic E-state index is 13.1. The highest BCUT2D eigenvalue weighted by Crippen LogP contribution is 2.45. The van der Waals surface area contributed by atoms with Gasteiger partial charge in [0, 0.05) is 25.7 Å². The lowest BCUT2D eigenvalue weighted by Gasteiger charge is -2.21. The van der Waals surface area contributed by atoms with Gasteiger partial charge in [-0.15, -0.1) is 0 Å². The third-order valence-electron chi connectivity index (χ3n) is 16.4. The number of carbonyl (C=O) groups excluding carboxylic acids is 4. The number of phosphoric acid groups is 2. The molecular weight excluding hydrogens is 1350 g/mol. The van der Waals surface area contributed by atoms with Crippen LogP contribution in [-0.2, 0) is 65.4 Å². The molecule has 0 aliphatic heterocycles. The number of carbonyl (C=O) groups is 4. The van der Waals surface area contributed by atoms with E-state index in [9.17, 15) is 43.2 Å². The first kappa shape index (κ1) is 98.9. The number of aliphatic hydroxyl groups excluding tert-OH is 1. The van der Waals surface area contributed by atoms with Crippen molar-refractivity contribution in [3.63, 3.8) is 0 Å². The van der Waals surface area contributed by atoms with Crippen molar-refractivity contribution in [2.75, 3.05) is 39.6 Å². The molecule has 3 N–H and O–H groups in total. The normalized spacial score (nSPS) is 14.6. The molecule has 0 aromatic carbocycles. The lowest BCUT2D eigenvalue weighted by atomic mass is 10.0. The number of hydrogen-bond acceptors (Lipinski definition) is 15. The summed E-state index contributed by atoms with van der Waals surface area (Å²) >= 11 is 0. The maximum atomic E-state index is 13.1. The minimum atomic E-state index is -5.02. The van der Waals surface area contributed by atoms with E-state index < -0.39 is 97.5 Å². The van der Waals surface area contributed by atoms with Gasteiger partial charge < -0.3 is 33.8 Å². The predicted molar refractivity (Wildman–Crippen MR) is 427 cm³/mol. The van der Waals surface area contributed by atoms with Crippen LogP contribution in [0.3, 0.4) is 0 Å². The molecule has 5 unspecified atom stereocenters. The van der Waals surface area contributed by atoms with Crippen LogP contribution in [0.1, 0.15) is 310 Å². The van der Waals surface area contributed by atoms with E-state index in [0.717, 1.165) is 109 Å². The fraction of sp³-hybridized carbons (Fsp3) is 0.671. The standard InChI is InChI=1S/C85H142O17P2/c1-5-9-13-17-21-25-29-33-35-37-39-41-43-47-50-54-58-62-66-70-83(88)96-76-81(102-85(90)72-68-64-60-56-52-48-44-42-40-38-36-34-30-26-22-18-14-10-6-2)78-100-104(93,94)98-74-79(86)73-97-103(91,92)99-77-80(101-84(89)71-67-63-59-55-51-46-32-28-24-20-16-12-8-4)75-95-82(87)69-65-61-57-53-49-45-31-27-23-19-15-11-7-3/h9-10,13-14,21-22,25-26,33-36,39-42,47-48,50,52,58,60,62,64,79-81,86H,5-8,11-12,15-20,23-24,27-32,37-38,43-46,49,51,53-57,59,61,63,65-78H2,1-4H3,(H,91,92)(H,93,94)/b13-9-,14-10-,25-21-,26-22-,35-33-,36-34-,41-39-,42-40-,50-47-,52-48-,62-58-,64-60-. The van der Waals surface area contributed by atoms with Crippen molar-refractivity contribution in [2.45, 2.75) is 329 Å². The molecule has 5 atom stereocenters. The summed E-state index contributed by atoms with van der Waals surface area (Å²) in [6, 6.07) is 0. The van der Waals surface area contributed by atoms with Crippen LogP contribution in [0.4, 0.5) is 0 Å². The van der Waals surface area contributed by atoms with Crippen LogP contribution in [-0.4, -0.2) is 96.7 Å². The molecule has 0 amide bonds. The van der Waals surface area contributed by atoms with Gasteiger partial charge in [-0.1, -0.05) is 328 Å². The largest absolute Gasteiger partial charge is 0.472 e. The van der Waals surface area contributed by atoms with E-state index in [-0.39, 0.29) is 25.7 Å². The van der Waals surface area contributed by atoms with Crippen molar-refractivity contribution < 1.29 is 80.2 Å². The Morgan fingerprint density at radius 2 is 0.500 bits per heavy atom. The van der Waals surface area contributed by atoms with Gasteiger partial charge in [0.1, 0.15) is 19.3 Å². The predicted octanol–water partition coefficient (Wildman–Crippen LogP) is 23.4. The lowest BCUT2D eigenvalue weighted by Crippen LogP contribution is -2.30. The number of ether oxygens (including phenoxy) is 4. The molecule has 0 saturated carbocycles. The second-order valence-corrected chi connectivity index (χ2v) is 29.2. The van der Waals surface area contributed by atoms with E-state index in [4.69, 9.17) is 37.0 Å². The molecule has 594 valence electrons. The number of allylic oxidation sites excluding steroid dienone is 24. The minimum absolute atomic E-state index is 0.0162. The van der Waals surface area contributed by atoms with Gasteiger partial charge in [0.15, 0.2) is 12.2 Å². The Balaban J connectivity index is 5.49. The lowest BCUT2D eigenvalue weighted by molar-refractivity contribution is -0.161. The van der Waals surface area contributed by atoms with Gasteiger partial charge in [-0.2, -0.15) is 0 Å². The van der Waals surface area contributed by atoms with Gasteiger partial charge in [-0.05, 0) is 103 Å². The fourth-order valence-electron chi connectivity index (χ4n) is 10.3. The number of phosphoric ester groups is 2. The monoisotopic (exact) mass is 1500 g/mol. The van der Waals surface area contributed by atoms with Crippen molar-refractivity contribution in [2.24, 2.45) is 0 Å². The van der Waals surface area contributed by atoms with E-state index >= 15 is 0 Å². The Labute approximate surface area is 630 Å². The Kier molecular flexibility index (Phi) is 72.4. The van der Waals surface area contributed by atoms with Crippen LogP contribution in [0.25, 0.3) is 0 Å². The van der Waals surface area contributed by atoms with Crippen LogP contribution in [0.15, 0.2) is 146 Å². The van der Waals surface area contributed by atoms with Crippen LogP contribution in [0.2, 0.25) is 0 Å². The van der Waals surface area contributed by atoms with Crippen LogP contribution in [0.5, 0.6) is 0 Å². The molecule has 0 aliphatic rings. The Hall–Kier alpha value is -5.06. The highest BCUT2D eigenvalue weighted by atomic mass is 31.2. The molecule has 0 aromatic rings. The zero-order chi connectivity index (χ0) is 76.0. The summed E-state index contributed by atoms with van der Waals surface area (Å²) in [7, 11) is -10.0. The van der Waals surface area contributed by atoms with Gasteiger partial charge in [-0.3, -0.25) is 37.3 Å². The van der Waals surface area contributed by atoms with Crippen molar-refractivity contribution in [3.05, 3.63) is 146 Å². The Morgan fingerprint density at radius 1 is 0.279 bits per heavy atom. The first-order chi connectivity index (χ1) is 50.7. The quantitative estimate of drug-likeness (QED) is 0.0169. The summed E-state index contributed by atoms with van der Waals surface area (Å²) in [5.41, 5.74) is 0. The van der Waals surface area contributed by atoms with Crippen molar-refractivity contribution >= 4 is 39.5 Å². The van der Waals surface area contributed by atoms with E-state index in [0.29, 0.717) is 38.5 Å². The third-order valence-corrected chi connectivity index (χ3v) is 18.3. The van der Waals surface area contributed by atoms with Crippen LogP contribution in [0, 0.1) is 0 Å². The van der Waals surface area contributed by atoms with Gasteiger partial charge in [-0.25, -0.2) is 9.13 Å². The molecule has 19 heteroatoms. The summed E-state index contributed by atoms with van der Waals surface area (Å²) in [5.74, 6) is -2.37. The summed E-state index contributed by atoms with van der Waals surface area (Å²) in [6.45, 7) is 4.49. The second kappa shape index (κ2) is 76.1. The zero-order valence-corrected chi connectivity index (χ0v) is 66.7. The summed E-state index contributed by atoms with van der Waals surface area (Å²) in [6.07, 6.45) is 87.2. The molecule has 0 spiro atoms. The summed E-state index contributed by atoms with van der Waals surface area (Å²) < 4.78 is 68.4. The molecule has 0 saturated heterocycles. The van der Waals surface area contributed by atoms with Crippen molar-refractivity contribution in [1.29, 1.82) is 0 Å². The molecule has 0 heterocycles. The van der Waals surface area contributed by atoms with Crippen LogP contribution >= 0.6 is 15.6 Å². The average Bonchev–Trinajstić information content (AvgIpc) is 0.906. The molecule has 0 rings (SSSR count). The van der Waals surface area contributed by atoms with Crippen LogP contribution < -0.4 is 0 Å². The average molecular weight is 1500 g/mol. The fourth-order valence-corrected chi connectivity index (χ4v) is 11.9. The highest BCUT2D eigenvalue weighted by Gasteiger charge is 2.30.